The molecule has 4 aromatic rings. The molecule has 0 fully saturated rings. The molecule has 0 saturated heterocycles. The third-order valence-electron chi connectivity index (χ3n) is 4.73. The molecule has 0 spiro atoms. The Morgan fingerprint density at radius 1 is 1.16 bits per heavy atom. The van der Waals surface area contributed by atoms with Crippen molar-refractivity contribution in [3.8, 4) is 10.6 Å². The van der Waals surface area contributed by atoms with Crippen LogP contribution in [0.25, 0.3) is 21.5 Å². The number of esters is 1. The Bertz CT molecular complexity index is 1260. The van der Waals surface area contributed by atoms with E-state index in [1.165, 1.54) is 17.4 Å². The summed E-state index contributed by atoms with van der Waals surface area (Å²) in [5.74, 6) is 0.133. The minimum atomic E-state index is -4.39. The number of halogens is 3. The molecule has 0 N–H and O–H groups in total. The van der Waals surface area contributed by atoms with Gasteiger partial charge in [-0.1, -0.05) is 30.3 Å². The number of fused-ring (bicyclic) bond motifs is 1. The van der Waals surface area contributed by atoms with E-state index >= 15 is 0 Å². The molecule has 4 nitrogen and oxygen atoms in total. The summed E-state index contributed by atoms with van der Waals surface area (Å²) in [6, 6.07) is 12.5. The lowest BCUT2D eigenvalue weighted by Crippen LogP contribution is -2.05. The van der Waals surface area contributed by atoms with E-state index in [2.05, 4.69) is 4.98 Å². The quantitative estimate of drug-likeness (QED) is 0.323. The van der Waals surface area contributed by atoms with Crippen molar-refractivity contribution < 1.29 is 27.1 Å². The van der Waals surface area contributed by atoms with Crippen molar-refractivity contribution >= 4 is 28.3 Å². The second-order valence-electron chi connectivity index (χ2n) is 6.96. The number of aryl methyl sites for hydroxylation is 1. The Balaban J connectivity index is 1.69. The van der Waals surface area contributed by atoms with Gasteiger partial charge in [0.05, 0.1) is 17.9 Å². The van der Waals surface area contributed by atoms with Crippen molar-refractivity contribution in [2.24, 2.45) is 0 Å². The number of hydrogen-bond donors (Lipinski definition) is 0. The molecular weight excluding hydrogens is 427 g/mol. The van der Waals surface area contributed by atoms with Crippen molar-refractivity contribution in [2.45, 2.75) is 26.4 Å². The first-order chi connectivity index (χ1) is 14.8. The van der Waals surface area contributed by atoms with Crippen LogP contribution in [-0.4, -0.2) is 17.6 Å². The van der Waals surface area contributed by atoms with Gasteiger partial charge in [0.25, 0.3) is 0 Å². The molecule has 0 saturated carbocycles. The molecule has 160 valence electrons. The van der Waals surface area contributed by atoms with E-state index in [1.807, 2.05) is 18.2 Å². The standard InChI is InChI=1S/C23H18F3NO3S/c1-3-29-22(28)20-13(2)27-21(31-20)17-8-5-9-19-18(17)12-16(30-19)11-14-6-4-7-15(10-14)23(24,25)26/h4-10,12H,3,11H2,1-2H3. The summed E-state index contributed by atoms with van der Waals surface area (Å²) in [4.78, 5) is 17.1. The van der Waals surface area contributed by atoms with E-state index in [1.54, 1.807) is 26.0 Å². The highest BCUT2D eigenvalue weighted by Crippen LogP contribution is 2.36. The smallest absolute Gasteiger partial charge is 0.416 e. The van der Waals surface area contributed by atoms with E-state index < -0.39 is 17.7 Å². The number of furan rings is 1. The average Bonchev–Trinajstić information content (AvgIpc) is 3.30. The van der Waals surface area contributed by atoms with Crippen molar-refractivity contribution in [2.75, 3.05) is 6.61 Å². The minimum absolute atomic E-state index is 0.225. The number of hydrogen-bond acceptors (Lipinski definition) is 5. The number of thiazole rings is 1. The average molecular weight is 445 g/mol. The van der Waals surface area contributed by atoms with Crippen LogP contribution in [0.2, 0.25) is 0 Å². The first-order valence-corrected chi connectivity index (χ1v) is 10.4. The topological polar surface area (TPSA) is 52.3 Å². The van der Waals surface area contributed by atoms with E-state index in [4.69, 9.17) is 9.15 Å². The van der Waals surface area contributed by atoms with Crippen LogP contribution in [0.15, 0.2) is 52.9 Å². The summed E-state index contributed by atoms with van der Waals surface area (Å²) in [6.07, 6.45) is -4.17. The van der Waals surface area contributed by atoms with Gasteiger partial charge in [-0.15, -0.1) is 11.3 Å². The zero-order valence-corrected chi connectivity index (χ0v) is 17.6. The maximum absolute atomic E-state index is 13.0. The lowest BCUT2D eigenvalue weighted by molar-refractivity contribution is -0.137. The monoisotopic (exact) mass is 445 g/mol. The molecule has 2 heterocycles. The molecule has 0 bridgehead atoms. The normalized spacial score (nSPS) is 11.8. The van der Waals surface area contributed by atoms with Gasteiger partial charge in [-0.05, 0) is 37.6 Å². The summed E-state index contributed by atoms with van der Waals surface area (Å²) >= 11 is 1.24. The van der Waals surface area contributed by atoms with Crippen molar-refractivity contribution in [1.82, 2.24) is 4.98 Å². The lowest BCUT2D eigenvalue weighted by atomic mass is 10.1. The van der Waals surface area contributed by atoms with Gasteiger partial charge in [0.2, 0.25) is 0 Å². The van der Waals surface area contributed by atoms with Crippen LogP contribution in [0.5, 0.6) is 0 Å². The summed E-state index contributed by atoms with van der Waals surface area (Å²) in [6.45, 7) is 3.77. The van der Waals surface area contributed by atoms with Gasteiger partial charge < -0.3 is 9.15 Å². The number of nitrogens with zero attached hydrogens (tertiary/aromatic N) is 1. The summed E-state index contributed by atoms with van der Waals surface area (Å²) < 4.78 is 49.9. The molecule has 0 atom stereocenters. The van der Waals surface area contributed by atoms with Crippen molar-refractivity contribution in [3.63, 3.8) is 0 Å². The van der Waals surface area contributed by atoms with Crippen LogP contribution >= 0.6 is 11.3 Å². The van der Waals surface area contributed by atoms with Crippen LogP contribution in [0.1, 0.15) is 39.2 Å². The van der Waals surface area contributed by atoms with Gasteiger partial charge in [0, 0.05) is 17.4 Å². The van der Waals surface area contributed by atoms with Gasteiger partial charge in [0.1, 0.15) is 21.2 Å². The molecule has 4 rings (SSSR count). The minimum Gasteiger partial charge on any atom is -0.462 e. The highest BCUT2D eigenvalue weighted by molar-refractivity contribution is 7.17. The van der Waals surface area contributed by atoms with Crippen molar-refractivity contribution in [3.05, 3.63) is 76.0 Å². The fourth-order valence-electron chi connectivity index (χ4n) is 3.34. The molecule has 31 heavy (non-hydrogen) atoms. The van der Waals surface area contributed by atoms with Crippen molar-refractivity contribution in [1.29, 1.82) is 0 Å². The molecular formula is C23H18F3NO3S. The summed E-state index contributed by atoms with van der Waals surface area (Å²) in [5, 5.41) is 1.44. The van der Waals surface area contributed by atoms with Gasteiger partial charge in [-0.3, -0.25) is 0 Å². The third-order valence-corrected chi connectivity index (χ3v) is 5.90. The molecule has 2 aromatic carbocycles. The maximum Gasteiger partial charge on any atom is 0.416 e. The molecule has 2 aromatic heterocycles. The highest BCUT2D eigenvalue weighted by atomic mass is 32.1. The first-order valence-electron chi connectivity index (χ1n) is 9.58. The Morgan fingerprint density at radius 3 is 2.68 bits per heavy atom. The van der Waals surface area contributed by atoms with Crippen LogP contribution in [0, 0.1) is 6.92 Å². The number of benzene rings is 2. The Kier molecular flexibility index (Phi) is 5.58. The van der Waals surface area contributed by atoms with Crippen LogP contribution in [0.3, 0.4) is 0 Å². The fourth-order valence-corrected chi connectivity index (χ4v) is 4.34. The first kappa shape index (κ1) is 21.1. The van der Waals surface area contributed by atoms with Gasteiger partial charge in [-0.25, -0.2) is 9.78 Å². The number of carbonyl (C=O) groups is 1. The lowest BCUT2D eigenvalue weighted by Gasteiger charge is -2.07. The van der Waals surface area contributed by atoms with Gasteiger partial charge >= 0.3 is 12.1 Å². The maximum atomic E-state index is 13.0. The summed E-state index contributed by atoms with van der Waals surface area (Å²) in [5.41, 5.74) is 1.80. The molecule has 0 amide bonds. The van der Waals surface area contributed by atoms with Crippen LogP contribution < -0.4 is 0 Å². The predicted molar refractivity (Wildman–Crippen MR) is 112 cm³/mol. The van der Waals surface area contributed by atoms with E-state index in [0.717, 1.165) is 23.1 Å². The zero-order chi connectivity index (χ0) is 22.2. The van der Waals surface area contributed by atoms with Gasteiger partial charge in [0.15, 0.2) is 0 Å². The second kappa shape index (κ2) is 8.19. The molecule has 0 aliphatic rings. The Morgan fingerprint density at radius 2 is 1.94 bits per heavy atom. The highest BCUT2D eigenvalue weighted by Gasteiger charge is 2.30. The van der Waals surface area contributed by atoms with Crippen LogP contribution in [0.4, 0.5) is 13.2 Å². The molecule has 0 radical (unpaired) electrons. The fraction of sp³-hybridized carbons (Fsp3) is 0.217. The number of carbonyl (C=O) groups excluding carboxylic acids is 1. The number of aromatic nitrogens is 1. The predicted octanol–water partition coefficient (Wildman–Crippen LogP) is 6.65. The molecule has 8 heteroatoms. The molecule has 0 aliphatic carbocycles. The van der Waals surface area contributed by atoms with E-state index in [-0.39, 0.29) is 13.0 Å². The molecule has 0 unspecified atom stereocenters. The number of ether oxygens (including phenoxy) is 1. The Hall–Kier alpha value is -3.13. The number of alkyl halides is 3. The van der Waals surface area contributed by atoms with Gasteiger partial charge in [-0.2, -0.15) is 13.2 Å². The SMILES string of the molecule is CCOC(=O)c1sc(-c2cccc3oc(Cc4cccc(C(F)(F)F)c4)cc23)nc1C. The summed E-state index contributed by atoms with van der Waals surface area (Å²) in [7, 11) is 0. The second-order valence-corrected chi connectivity index (χ2v) is 7.96. The Labute approximate surface area is 180 Å². The largest absolute Gasteiger partial charge is 0.462 e. The van der Waals surface area contributed by atoms with Crippen LogP contribution in [-0.2, 0) is 17.3 Å². The number of rotatable bonds is 5. The van der Waals surface area contributed by atoms with E-state index in [0.29, 0.717) is 32.5 Å². The molecule has 0 aliphatic heterocycles. The van der Waals surface area contributed by atoms with E-state index in [9.17, 15) is 18.0 Å². The zero-order valence-electron chi connectivity index (χ0n) is 16.7. The third kappa shape index (κ3) is 4.34.